The van der Waals surface area contributed by atoms with E-state index in [1.165, 1.54) is 7.11 Å². The van der Waals surface area contributed by atoms with Gasteiger partial charge in [0.2, 0.25) is 0 Å². The lowest BCUT2D eigenvalue weighted by atomic mass is 10.0. The maximum atomic E-state index is 11.0. The van der Waals surface area contributed by atoms with E-state index in [9.17, 15) is 9.90 Å². The number of hydrogen-bond donors (Lipinski definition) is 1. The third-order valence-corrected chi connectivity index (χ3v) is 3.19. The van der Waals surface area contributed by atoms with Crippen molar-refractivity contribution in [3.63, 3.8) is 0 Å². The number of esters is 1. The van der Waals surface area contributed by atoms with E-state index < -0.39 is 12.1 Å². The second-order valence-electron chi connectivity index (χ2n) is 3.22. The Balaban J connectivity index is 2.50. The zero-order valence-corrected chi connectivity index (χ0v) is 8.19. The molecule has 1 aliphatic carbocycles. The quantitative estimate of drug-likeness (QED) is 0.662. The number of ether oxygens (including phenoxy) is 1. The van der Waals surface area contributed by atoms with Crippen LogP contribution in [0.15, 0.2) is 0 Å². The first kappa shape index (κ1) is 9.86. The number of carbonyl (C=O) groups excluding carboxylic acids is 1. The molecule has 1 N–H and O–H groups in total. The lowest BCUT2D eigenvalue weighted by molar-refractivity contribution is -0.153. The molecule has 0 heterocycles. The molecule has 3 nitrogen and oxygen atoms in total. The average Bonchev–Trinajstić information content (AvgIpc) is 2.84. The predicted molar refractivity (Wildman–Crippen MR) is 48.1 cm³/mol. The van der Waals surface area contributed by atoms with Crippen molar-refractivity contribution in [3.8, 4) is 0 Å². The Labute approximate surface area is 76.5 Å². The van der Waals surface area contributed by atoms with Crippen LogP contribution in [0.1, 0.15) is 12.8 Å². The van der Waals surface area contributed by atoms with Gasteiger partial charge in [-0.1, -0.05) is 0 Å². The number of rotatable bonds is 4. The summed E-state index contributed by atoms with van der Waals surface area (Å²) in [6.45, 7) is 0. The second-order valence-corrected chi connectivity index (χ2v) is 4.09. The molecule has 1 unspecified atom stereocenters. The van der Waals surface area contributed by atoms with Gasteiger partial charge in [-0.3, -0.25) is 0 Å². The number of thioether (sulfide) groups is 1. The molecule has 1 saturated carbocycles. The van der Waals surface area contributed by atoms with E-state index in [1.54, 1.807) is 11.8 Å². The van der Waals surface area contributed by atoms with Gasteiger partial charge in [0.1, 0.15) is 0 Å². The number of aliphatic hydroxyl groups excluding tert-OH is 1. The molecule has 0 saturated heterocycles. The van der Waals surface area contributed by atoms with Gasteiger partial charge in [0, 0.05) is 11.2 Å². The van der Waals surface area contributed by atoms with Gasteiger partial charge in [-0.2, -0.15) is 11.8 Å². The van der Waals surface area contributed by atoms with Gasteiger partial charge in [-0.05, 0) is 19.1 Å². The topological polar surface area (TPSA) is 46.5 Å². The monoisotopic (exact) mass is 190 g/mol. The van der Waals surface area contributed by atoms with E-state index >= 15 is 0 Å². The minimum Gasteiger partial charge on any atom is -0.467 e. The minimum absolute atomic E-state index is 0.174. The van der Waals surface area contributed by atoms with Crippen LogP contribution in [-0.4, -0.2) is 36.3 Å². The zero-order chi connectivity index (χ0) is 9.19. The van der Waals surface area contributed by atoms with Gasteiger partial charge in [0.05, 0.1) is 7.11 Å². The molecule has 0 radical (unpaired) electrons. The van der Waals surface area contributed by atoms with Gasteiger partial charge in [-0.25, -0.2) is 4.79 Å². The van der Waals surface area contributed by atoms with E-state index in [2.05, 4.69) is 4.74 Å². The number of hydrogen-bond acceptors (Lipinski definition) is 4. The van der Waals surface area contributed by atoms with Crippen molar-refractivity contribution in [2.75, 3.05) is 19.1 Å². The molecule has 4 heteroatoms. The Kier molecular flexibility index (Phi) is 3.01. The summed E-state index contributed by atoms with van der Waals surface area (Å²) in [6, 6.07) is 0. The van der Waals surface area contributed by atoms with Crippen LogP contribution in [0.2, 0.25) is 0 Å². The molecule has 0 amide bonds. The first-order chi connectivity index (χ1) is 5.66. The molecule has 0 aromatic rings. The number of carbonyl (C=O) groups is 1. The summed E-state index contributed by atoms with van der Waals surface area (Å²) in [5.74, 6) is 0.338. The van der Waals surface area contributed by atoms with Crippen molar-refractivity contribution < 1.29 is 14.6 Å². The standard InChI is InChI=1S/C8H14O3S/c1-11-7(10)6(9)8(3-4-8)5-12-2/h6,9H,3-5H2,1-2H3. The van der Waals surface area contributed by atoms with E-state index in [0.717, 1.165) is 18.6 Å². The summed E-state index contributed by atoms with van der Waals surface area (Å²) in [5, 5.41) is 9.55. The van der Waals surface area contributed by atoms with E-state index in [4.69, 9.17) is 0 Å². The fraction of sp³-hybridized carbons (Fsp3) is 0.875. The van der Waals surface area contributed by atoms with Gasteiger partial charge in [-0.15, -0.1) is 0 Å². The van der Waals surface area contributed by atoms with E-state index in [-0.39, 0.29) is 5.41 Å². The molecule has 1 fully saturated rings. The molecule has 1 aliphatic rings. The maximum absolute atomic E-state index is 11.0. The summed E-state index contributed by atoms with van der Waals surface area (Å²) < 4.78 is 4.49. The Bertz CT molecular complexity index is 177. The maximum Gasteiger partial charge on any atom is 0.335 e. The average molecular weight is 190 g/mol. The van der Waals surface area contributed by atoms with Crippen LogP contribution in [0.5, 0.6) is 0 Å². The summed E-state index contributed by atoms with van der Waals surface area (Å²) in [4.78, 5) is 11.0. The van der Waals surface area contributed by atoms with E-state index in [0.29, 0.717) is 0 Å². The van der Waals surface area contributed by atoms with Crippen molar-refractivity contribution in [3.05, 3.63) is 0 Å². The molecule has 70 valence electrons. The molecule has 0 spiro atoms. The normalized spacial score (nSPS) is 21.6. The fourth-order valence-electron chi connectivity index (χ4n) is 1.31. The van der Waals surface area contributed by atoms with Crippen LogP contribution >= 0.6 is 11.8 Å². The van der Waals surface area contributed by atoms with Crippen molar-refractivity contribution >= 4 is 17.7 Å². The Morgan fingerprint density at radius 2 is 2.33 bits per heavy atom. The molecular formula is C8H14O3S. The first-order valence-corrected chi connectivity index (χ1v) is 5.30. The summed E-state index contributed by atoms with van der Waals surface area (Å²) in [6.07, 6.45) is 2.92. The number of methoxy groups -OCH3 is 1. The van der Waals surface area contributed by atoms with Gasteiger partial charge >= 0.3 is 5.97 Å². The fourth-order valence-corrected chi connectivity index (χ4v) is 2.33. The lowest BCUT2D eigenvalue weighted by Crippen LogP contribution is -2.33. The van der Waals surface area contributed by atoms with E-state index in [1.807, 2.05) is 6.26 Å². The third-order valence-electron chi connectivity index (χ3n) is 2.33. The molecule has 0 aromatic heterocycles. The van der Waals surface area contributed by atoms with Crippen molar-refractivity contribution in [2.24, 2.45) is 5.41 Å². The molecule has 1 rings (SSSR count). The predicted octanol–water partition coefficient (Wildman–Crippen LogP) is 0.663. The summed E-state index contributed by atoms with van der Waals surface area (Å²) in [5.41, 5.74) is -0.174. The minimum atomic E-state index is -0.921. The Morgan fingerprint density at radius 3 is 2.67 bits per heavy atom. The molecule has 1 atom stereocenters. The molecule has 0 bridgehead atoms. The summed E-state index contributed by atoms with van der Waals surface area (Å²) in [7, 11) is 1.31. The van der Waals surface area contributed by atoms with Crippen LogP contribution in [-0.2, 0) is 9.53 Å². The van der Waals surface area contributed by atoms with Crippen LogP contribution in [0, 0.1) is 5.41 Å². The highest BCUT2D eigenvalue weighted by Gasteiger charge is 2.51. The largest absolute Gasteiger partial charge is 0.467 e. The van der Waals surface area contributed by atoms with Crippen molar-refractivity contribution in [1.82, 2.24) is 0 Å². The molecular weight excluding hydrogens is 176 g/mol. The van der Waals surface area contributed by atoms with Gasteiger partial charge in [0.15, 0.2) is 6.10 Å². The Hall–Kier alpha value is -0.220. The van der Waals surface area contributed by atoms with Crippen LogP contribution in [0.4, 0.5) is 0 Å². The summed E-state index contributed by atoms with van der Waals surface area (Å²) >= 11 is 1.66. The smallest absolute Gasteiger partial charge is 0.335 e. The molecule has 0 aromatic carbocycles. The number of aliphatic hydroxyl groups is 1. The van der Waals surface area contributed by atoms with Crippen molar-refractivity contribution in [1.29, 1.82) is 0 Å². The first-order valence-electron chi connectivity index (χ1n) is 3.91. The molecule has 12 heavy (non-hydrogen) atoms. The zero-order valence-electron chi connectivity index (χ0n) is 7.37. The van der Waals surface area contributed by atoms with Gasteiger partial charge < -0.3 is 9.84 Å². The lowest BCUT2D eigenvalue weighted by Gasteiger charge is -2.18. The Morgan fingerprint density at radius 1 is 1.75 bits per heavy atom. The van der Waals surface area contributed by atoms with Crippen LogP contribution < -0.4 is 0 Å². The SMILES string of the molecule is COC(=O)C(O)C1(CSC)CC1. The third kappa shape index (κ3) is 1.75. The van der Waals surface area contributed by atoms with Crippen LogP contribution in [0.25, 0.3) is 0 Å². The second kappa shape index (κ2) is 3.66. The molecule has 0 aliphatic heterocycles. The highest BCUT2D eigenvalue weighted by molar-refractivity contribution is 7.98. The van der Waals surface area contributed by atoms with Gasteiger partial charge in [0.25, 0.3) is 0 Å². The van der Waals surface area contributed by atoms with Crippen molar-refractivity contribution in [2.45, 2.75) is 18.9 Å². The highest BCUT2D eigenvalue weighted by atomic mass is 32.2. The van der Waals surface area contributed by atoms with Crippen LogP contribution in [0.3, 0.4) is 0 Å². The highest BCUT2D eigenvalue weighted by Crippen LogP contribution is 2.50.